The first-order valence-corrected chi connectivity index (χ1v) is 7.55. The normalized spacial score (nSPS) is 13.6. The van der Waals surface area contributed by atoms with Crippen molar-refractivity contribution < 1.29 is 8.42 Å². The lowest BCUT2D eigenvalue weighted by Gasteiger charge is -2.12. The lowest BCUT2D eigenvalue weighted by Crippen LogP contribution is -2.27. The van der Waals surface area contributed by atoms with Crippen molar-refractivity contribution in [1.29, 1.82) is 0 Å². The molecule has 0 amide bonds. The van der Waals surface area contributed by atoms with Gasteiger partial charge in [0.2, 0.25) is 0 Å². The molecule has 1 rings (SSSR count). The SMILES string of the molecule is CC(CCN)NCc1ccc(S(C)(=O)=O)cc1. The zero-order valence-electron chi connectivity index (χ0n) is 10.3. The predicted molar refractivity (Wildman–Crippen MR) is 69.5 cm³/mol. The van der Waals surface area contributed by atoms with Gasteiger partial charge < -0.3 is 11.1 Å². The Balaban J connectivity index is 2.57. The maximum absolute atomic E-state index is 11.3. The van der Waals surface area contributed by atoms with Gasteiger partial charge in [-0.05, 0) is 37.6 Å². The van der Waals surface area contributed by atoms with E-state index in [0.717, 1.165) is 18.5 Å². The highest BCUT2D eigenvalue weighted by molar-refractivity contribution is 7.90. The minimum absolute atomic E-state index is 0.358. The maximum atomic E-state index is 11.3. The van der Waals surface area contributed by atoms with Gasteiger partial charge in [0, 0.05) is 18.8 Å². The number of nitrogens with one attached hydrogen (secondary N) is 1. The summed E-state index contributed by atoms with van der Waals surface area (Å²) in [6.07, 6.45) is 2.14. The largest absolute Gasteiger partial charge is 0.330 e. The number of benzene rings is 1. The van der Waals surface area contributed by atoms with Crippen molar-refractivity contribution in [3.63, 3.8) is 0 Å². The second-order valence-electron chi connectivity index (χ2n) is 4.28. The number of sulfone groups is 1. The van der Waals surface area contributed by atoms with Crippen LogP contribution in [0.25, 0.3) is 0 Å². The van der Waals surface area contributed by atoms with E-state index in [1.165, 1.54) is 6.26 Å². The van der Waals surface area contributed by atoms with Crippen LogP contribution in [0.4, 0.5) is 0 Å². The Morgan fingerprint density at radius 3 is 2.35 bits per heavy atom. The van der Waals surface area contributed by atoms with E-state index < -0.39 is 9.84 Å². The Morgan fingerprint density at radius 2 is 1.88 bits per heavy atom. The molecule has 96 valence electrons. The molecule has 3 N–H and O–H groups in total. The highest BCUT2D eigenvalue weighted by atomic mass is 32.2. The molecule has 0 fully saturated rings. The van der Waals surface area contributed by atoms with Gasteiger partial charge in [0.05, 0.1) is 4.90 Å². The van der Waals surface area contributed by atoms with Gasteiger partial charge in [0.15, 0.2) is 9.84 Å². The van der Waals surface area contributed by atoms with E-state index in [9.17, 15) is 8.42 Å². The monoisotopic (exact) mass is 256 g/mol. The highest BCUT2D eigenvalue weighted by Gasteiger charge is 2.06. The van der Waals surface area contributed by atoms with E-state index in [4.69, 9.17) is 5.73 Å². The van der Waals surface area contributed by atoms with Crippen LogP contribution in [0, 0.1) is 0 Å². The summed E-state index contributed by atoms with van der Waals surface area (Å²) in [5.41, 5.74) is 6.53. The summed E-state index contributed by atoms with van der Waals surface area (Å²) in [6, 6.07) is 7.31. The fourth-order valence-corrected chi connectivity index (χ4v) is 2.13. The average molecular weight is 256 g/mol. The van der Waals surface area contributed by atoms with Gasteiger partial charge in [-0.1, -0.05) is 12.1 Å². The third-order valence-corrected chi connectivity index (χ3v) is 3.73. The van der Waals surface area contributed by atoms with Crippen LogP contribution in [0.5, 0.6) is 0 Å². The minimum atomic E-state index is -3.10. The van der Waals surface area contributed by atoms with Gasteiger partial charge in [0.1, 0.15) is 0 Å². The first-order chi connectivity index (χ1) is 7.93. The van der Waals surface area contributed by atoms with Gasteiger partial charge in [-0.2, -0.15) is 0 Å². The molecule has 1 unspecified atom stereocenters. The van der Waals surface area contributed by atoms with E-state index >= 15 is 0 Å². The molecule has 0 aliphatic carbocycles. The molecule has 5 heteroatoms. The summed E-state index contributed by atoms with van der Waals surface area (Å²) in [7, 11) is -3.10. The molecular formula is C12H20N2O2S. The van der Waals surface area contributed by atoms with Crippen molar-refractivity contribution in [2.24, 2.45) is 5.73 Å². The molecule has 0 heterocycles. The Labute approximate surface area is 103 Å². The summed E-state index contributed by atoms with van der Waals surface area (Å²) in [4.78, 5) is 0.358. The minimum Gasteiger partial charge on any atom is -0.330 e. The van der Waals surface area contributed by atoms with E-state index in [1.54, 1.807) is 12.1 Å². The lowest BCUT2D eigenvalue weighted by atomic mass is 10.2. The van der Waals surface area contributed by atoms with Crippen LogP contribution in [-0.2, 0) is 16.4 Å². The number of rotatable bonds is 6. The van der Waals surface area contributed by atoms with Crippen LogP contribution in [0.1, 0.15) is 18.9 Å². The fourth-order valence-electron chi connectivity index (χ4n) is 1.50. The molecular weight excluding hydrogens is 236 g/mol. The molecule has 0 bridgehead atoms. The highest BCUT2D eigenvalue weighted by Crippen LogP contribution is 2.10. The Bertz CT molecular complexity index is 440. The Kier molecular flexibility index (Phi) is 5.11. The summed E-state index contributed by atoms with van der Waals surface area (Å²) < 4.78 is 22.5. The first kappa shape index (κ1) is 14.2. The van der Waals surface area contributed by atoms with Gasteiger partial charge in [-0.3, -0.25) is 0 Å². The van der Waals surface area contributed by atoms with Crippen LogP contribution in [0.15, 0.2) is 29.2 Å². The maximum Gasteiger partial charge on any atom is 0.175 e. The second kappa shape index (κ2) is 6.14. The Hall–Kier alpha value is -0.910. The van der Waals surface area contributed by atoms with Crippen molar-refractivity contribution in [2.75, 3.05) is 12.8 Å². The van der Waals surface area contributed by atoms with E-state index in [2.05, 4.69) is 12.2 Å². The molecule has 4 nitrogen and oxygen atoms in total. The quantitative estimate of drug-likeness (QED) is 0.794. The molecule has 17 heavy (non-hydrogen) atoms. The molecule has 1 aromatic rings. The number of hydrogen-bond donors (Lipinski definition) is 2. The van der Waals surface area contributed by atoms with Gasteiger partial charge in [0.25, 0.3) is 0 Å². The molecule has 1 aromatic carbocycles. The van der Waals surface area contributed by atoms with Crippen LogP contribution in [0.3, 0.4) is 0 Å². The van der Waals surface area contributed by atoms with Gasteiger partial charge in [-0.15, -0.1) is 0 Å². The molecule has 0 aliphatic rings. The molecule has 0 saturated heterocycles. The van der Waals surface area contributed by atoms with Gasteiger partial charge in [-0.25, -0.2) is 8.42 Å². The fraction of sp³-hybridized carbons (Fsp3) is 0.500. The molecule has 0 aliphatic heterocycles. The zero-order chi connectivity index (χ0) is 12.9. The van der Waals surface area contributed by atoms with Crippen molar-refractivity contribution in [3.05, 3.63) is 29.8 Å². The van der Waals surface area contributed by atoms with Crippen molar-refractivity contribution in [2.45, 2.75) is 30.8 Å². The van der Waals surface area contributed by atoms with Crippen LogP contribution < -0.4 is 11.1 Å². The van der Waals surface area contributed by atoms with Gasteiger partial charge >= 0.3 is 0 Å². The predicted octanol–water partition coefficient (Wildman–Crippen LogP) is 0.917. The lowest BCUT2D eigenvalue weighted by molar-refractivity contribution is 0.519. The standard InChI is InChI=1S/C12H20N2O2S/c1-10(7-8-13)14-9-11-3-5-12(6-4-11)17(2,15)16/h3-6,10,14H,7-9,13H2,1-2H3. The van der Waals surface area contributed by atoms with Crippen LogP contribution >= 0.6 is 0 Å². The topological polar surface area (TPSA) is 72.2 Å². The van der Waals surface area contributed by atoms with Crippen molar-refractivity contribution >= 4 is 9.84 Å². The van der Waals surface area contributed by atoms with Crippen LogP contribution in [0.2, 0.25) is 0 Å². The summed E-state index contributed by atoms with van der Waals surface area (Å²) in [5.74, 6) is 0. The third kappa shape index (κ3) is 4.85. The summed E-state index contributed by atoms with van der Waals surface area (Å²) in [5, 5.41) is 3.33. The average Bonchev–Trinajstić information content (AvgIpc) is 2.26. The second-order valence-corrected chi connectivity index (χ2v) is 6.29. The molecule has 0 spiro atoms. The first-order valence-electron chi connectivity index (χ1n) is 5.66. The molecule has 0 radical (unpaired) electrons. The number of nitrogens with two attached hydrogens (primary N) is 1. The van der Waals surface area contributed by atoms with Crippen LogP contribution in [-0.4, -0.2) is 27.3 Å². The van der Waals surface area contributed by atoms with E-state index in [1.807, 2.05) is 12.1 Å². The zero-order valence-corrected chi connectivity index (χ0v) is 11.1. The number of hydrogen-bond acceptors (Lipinski definition) is 4. The Morgan fingerprint density at radius 1 is 1.29 bits per heavy atom. The van der Waals surface area contributed by atoms with E-state index in [0.29, 0.717) is 17.5 Å². The molecule has 0 saturated carbocycles. The molecule has 1 atom stereocenters. The van der Waals surface area contributed by atoms with E-state index in [-0.39, 0.29) is 0 Å². The third-order valence-electron chi connectivity index (χ3n) is 2.61. The molecule has 0 aromatic heterocycles. The summed E-state index contributed by atoms with van der Waals surface area (Å²) >= 11 is 0. The smallest absolute Gasteiger partial charge is 0.175 e. The van der Waals surface area contributed by atoms with Crippen molar-refractivity contribution in [1.82, 2.24) is 5.32 Å². The summed E-state index contributed by atoms with van der Waals surface area (Å²) in [6.45, 7) is 3.48. The van der Waals surface area contributed by atoms with Crippen molar-refractivity contribution in [3.8, 4) is 0 Å².